The highest BCUT2D eigenvalue weighted by molar-refractivity contribution is 5.94. The molecule has 1 aliphatic heterocycles. The number of H-pyrrole nitrogens is 1. The minimum absolute atomic E-state index is 0.107. The molecule has 254 valence electrons. The first kappa shape index (κ1) is 34.0. The standard InChI is InChI=1S/C43H49N3O3/c1-4-5-6-7-8-10-14-31-20-23-36(24-21-31)45-26-13-15-34-27-32(22-25-38(34)45)18-19-33-28-35(30-43(2,3)29-33)39-40(42(48)49)44-46(41(39)47)37-16-11-9-12-17-37/h9,11-12,16-25,27-28,30,44H,4-8,10,13-15,26,29H2,1-3H3,(H,48,49)/b19-18+. The van der Waals surface area contributed by atoms with E-state index in [1.807, 2.05) is 30.4 Å². The molecule has 6 heteroatoms. The minimum atomic E-state index is -1.16. The molecule has 2 aliphatic rings. The van der Waals surface area contributed by atoms with E-state index >= 15 is 0 Å². The Hall–Kier alpha value is -4.84. The second kappa shape index (κ2) is 15.1. The van der Waals surface area contributed by atoms with Crippen LogP contribution in [0.1, 0.15) is 105 Å². The van der Waals surface area contributed by atoms with Crippen molar-refractivity contribution in [2.75, 3.05) is 11.4 Å². The molecule has 1 aliphatic carbocycles. The van der Waals surface area contributed by atoms with Gasteiger partial charge >= 0.3 is 5.97 Å². The number of nitrogens with zero attached hydrogens (tertiary/aromatic N) is 2. The Balaban J connectivity index is 1.19. The molecule has 6 rings (SSSR count). The number of rotatable bonds is 13. The van der Waals surface area contributed by atoms with Crippen molar-refractivity contribution in [2.24, 2.45) is 5.41 Å². The summed E-state index contributed by atoms with van der Waals surface area (Å²) in [7, 11) is 0. The van der Waals surface area contributed by atoms with E-state index in [-0.39, 0.29) is 22.2 Å². The van der Waals surface area contributed by atoms with E-state index in [9.17, 15) is 14.7 Å². The zero-order valence-electron chi connectivity index (χ0n) is 29.2. The Kier molecular flexibility index (Phi) is 10.5. The number of para-hydroxylation sites is 1. The van der Waals surface area contributed by atoms with E-state index in [4.69, 9.17) is 0 Å². The van der Waals surface area contributed by atoms with Crippen LogP contribution in [0.2, 0.25) is 0 Å². The molecule has 1 aromatic heterocycles. The van der Waals surface area contributed by atoms with Gasteiger partial charge in [-0.2, -0.15) is 0 Å². The predicted octanol–water partition coefficient (Wildman–Crippen LogP) is 10.3. The summed E-state index contributed by atoms with van der Waals surface area (Å²) in [4.78, 5) is 28.4. The average Bonchev–Trinajstić information content (AvgIpc) is 3.46. The highest BCUT2D eigenvalue weighted by atomic mass is 16.4. The summed E-state index contributed by atoms with van der Waals surface area (Å²) >= 11 is 0. The van der Waals surface area contributed by atoms with Gasteiger partial charge in [-0.1, -0.05) is 114 Å². The maximum atomic E-state index is 13.6. The third-order valence-corrected chi connectivity index (χ3v) is 9.73. The first-order chi connectivity index (χ1) is 23.7. The molecule has 0 saturated carbocycles. The summed E-state index contributed by atoms with van der Waals surface area (Å²) in [6.07, 6.45) is 20.3. The number of hydrogen-bond acceptors (Lipinski definition) is 3. The summed E-state index contributed by atoms with van der Waals surface area (Å²) in [6.45, 7) is 7.51. The molecule has 0 spiro atoms. The lowest BCUT2D eigenvalue weighted by Gasteiger charge is -2.32. The summed E-state index contributed by atoms with van der Waals surface area (Å²) in [5, 5.41) is 12.9. The number of carboxylic acid groups (broad SMARTS) is 1. The summed E-state index contributed by atoms with van der Waals surface area (Å²) in [6, 6.07) is 25.0. The zero-order chi connectivity index (χ0) is 34.4. The first-order valence-electron chi connectivity index (χ1n) is 18.0. The van der Waals surface area contributed by atoms with Crippen molar-refractivity contribution < 1.29 is 9.90 Å². The van der Waals surface area contributed by atoms with Gasteiger partial charge in [-0.15, -0.1) is 0 Å². The molecule has 49 heavy (non-hydrogen) atoms. The molecule has 2 N–H and O–H groups in total. The van der Waals surface area contributed by atoms with E-state index < -0.39 is 5.97 Å². The number of aromatic amines is 1. The van der Waals surface area contributed by atoms with Crippen molar-refractivity contribution in [1.82, 2.24) is 9.78 Å². The Bertz CT molecular complexity index is 1920. The van der Waals surface area contributed by atoms with Crippen LogP contribution in [0.5, 0.6) is 0 Å². The van der Waals surface area contributed by atoms with Crippen molar-refractivity contribution in [3.63, 3.8) is 0 Å². The van der Waals surface area contributed by atoms with Crippen molar-refractivity contribution >= 4 is 29.0 Å². The van der Waals surface area contributed by atoms with Gasteiger partial charge in [0.2, 0.25) is 0 Å². The summed E-state index contributed by atoms with van der Waals surface area (Å²) in [5.74, 6) is -1.16. The van der Waals surface area contributed by atoms with Crippen molar-refractivity contribution in [3.05, 3.63) is 135 Å². The molecular weight excluding hydrogens is 606 g/mol. The fourth-order valence-corrected chi connectivity index (χ4v) is 7.30. The molecule has 0 atom stereocenters. The van der Waals surface area contributed by atoms with Crippen LogP contribution in [-0.2, 0) is 12.8 Å². The minimum Gasteiger partial charge on any atom is -0.477 e. The van der Waals surface area contributed by atoms with E-state index in [0.29, 0.717) is 11.3 Å². The molecule has 0 fully saturated rings. The van der Waals surface area contributed by atoms with Gasteiger partial charge in [-0.25, -0.2) is 9.48 Å². The van der Waals surface area contributed by atoms with Crippen LogP contribution >= 0.6 is 0 Å². The number of aromatic nitrogens is 2. The van der Waals surface area contributed by atoms with Crippen LogP contribution in [-0.4, -0.2) is 27.4 Å². The highest BCUT2D eigenvalue weighted by Crippen LogP contribution is 2.38. The summed E-state index contributed by atoms with van der Waals surface area (Å²) < 4.78 is 1.31. The van der Waals surface area contributed by atoms with Crippen LogP contribution in [0.25, 0.3) is 17.3 Å². The van der Waals surface area contributed by atoms with Crippen molar-refractivity contribution in [3.8, 4) is 5.69 Å². The Morgan fingerprint density at radius 2 is 1.67 bits per heavy atom. The van der Waals surface area contributed by atoms with E-state index in [2.05, 4.69) is 85.4 Å². The van der Waals surface area contributed by atoms with Gasteiger partial charge in [-0.05, 0) is 102 Å². The Morgan fingerprint density at radius 3 is 2.43 bits per heavy atom. The predicted molar refractivity (Wildman–Crippen MR) is 202 cm³/mol. The second-order valence-electron chi connectivity index (χ2n) is 14.3. The number of unbranched alkanes of at least 4 members (excludes halogenated alkanes) is 5. The second-order valence-corrected chi connectivity index (χ2v) is 14.3. The van der Waals surface area contributed by atoms with Gasteiger partial charge in [0.1, 0.15) is 0 Å². The van der Waals surface area contributed by atoms with Crippen LogP contribution < -0.4 is 10.5 Å². The molecule has 3 aromatic carbocycles. The molecule has 4 aromatic rings. The number of aromatic carboxylic acids is 1. The van der Waals surface area contributed by atoms with Gasteiger partial charge in [0.05, 0.1) is 11.3 Å². The number of fused-ring (bicyclic) bond motifs is 1. The van der Waals surface area contributed by atoms with Crippen LogP contribution in [0.4, 0.5) is 11.4 Å². The van der Waals surface area contributed by atoms with Crippen LogP contribution in [0, 0.1) is 5.41 Å². The maximum absolute atomic E-state index is 13.6. The number of allylic oxidation sites excluding steroid dienone is 5. The van der Waals surface area contributed by atoms with E-state index in [1.165, 1.54) is 65.7 Å². The van der Waals surface area contributed by atoms with Crippen molar-refractivity contribution in [2.45, 2.75) is 85.0 Å². The van der Waals surface area contributed by atoms with Gasteiger partial charge in [-0.3, -0.25) is 9.89 Å². The zero-order valence-corrected chi connectivity index (χ0v) is 29.2. The number of benzene rings is 3. The molecule has 2 heterocycles. The first-order valence-corrected chi connectivity index (χ1v) is 18.0. The smallest absolute Gasteiger partial charge is 0.354 e. The molecular formula is C43H49N3O3. The summed E-state index contributed by atoms with van der Waals surface area (Å²) in [5.41, 5.74) is 8.13. The Morgan fingerprint density at radius 1 is 0.918 bits per heavy atom. The molecule has 6 nitrogen and oxygen atoms in total. The topological polar surface area (TPSA) is 78.3 Å². The largest absolute Gasteiger partial charge is 0.477 e. The molecule has 0 unspecified atom stereocenters. The number of hydrogen-bond donors (Lipinski definition) is 2. The fourth-order valence-electron chi connectivity index (χ4n) is 7.30. The molecule has 0 saturated heterocycles. The van der Waals surface area contributed by atoms with E-state index in [0.717, 1.165) is 43.4 Å². The van der Waals surface area contributed by atoms with Crippen molar-refractivity contribution in [1.29, 1.82) is 0 Å². The Labute approximate surface area is 290 Å². The van der Waals surface area contributed by atoms with E-state index in [1.54, 1.807) is 12.1 Å². The van der Waals surface area contributed by atoms with Crippen LogP contribution in [0.15, 0.2) is 101 Å². The van der Waals surface area contributed by atoms with Crippen LogP contribution in [0.3, 0.4) is 0 Å². The van der Waals surface area contributed by atoms with Gasteiger partial charge < -0.3 is 10.0 Å². The lowest BCUT2D eigenvalue weighted by Crippen LogP contribution is -2.24. The third kappa shape index (κ3) is 8.07. The quantitative estimate of drug-likeness (QED) is 0.141. The van der Waals surface area contributed by atoms with Gasteiger partial charge in [0, 0.05) is 17.9 Å². The number of carbonyl (C=O) groups is 1. The lowest BCUT2D eigenvalue weighted by atomic mass is 9.78. The highest BCUT2D eigenvalue weighted by Gasteiger charge is 2.28. The number of nitrogens with one attached hydrogen (secondary N) is 1. The monoisotopic (exact) mass is 655 g/mol. The SMILES string of the molecule is CCCCCCCCc1ccc(N2CCCc3cc(/C=C/C4=CC(c5c(C(=O)O)[nH]n(-c6ccccc6)c5=O)=CC(C)(C)C4)ccc32)cc1. The average molecular weight is 656 g/mol. The third-order valence-electron chi connectivity index (χ3n) is 9.73. The fraction of sp³-hybridized carbons (Fsp3) is 0.349. The number of carboxylic acids is 1. The molecule has 0 amide bonds. The maximum Gasteiger partial charge on any atom is 0.354 e. The van der Waals surface area contributed by atoms with Gasteiger partial charge in [0.25, 0.3) is 5.56 Å². The number of anilines is 2. The lowest BCUT2D eigenvalue weighted by molar-refractivity contribution is 0.0689. The number of aryl methyl sites for hydroxylation is 2. The molecule has 0 bridgehead atoms. The van der Waals surface area contributed by atoms with Gasteiger partial charge in [0.15, 0.2) is 5.69 Å². The normalized spacial score (nSPS) is 15.6. The molecule has 0 radical (unpaired) electrons.